The van der Waals surface area contributed by atoms with E-state index in [0.29, 0.717) is 28.6 Å². The molecule has 0 aliphatic rings. The number of halogens is 3. The van der Waals surface area contributed by atoms with Gasteiger partial charge in [0, 0.05) is 25.2 Å². The normalized spacial score (nSPS) is 12.0. The Balaban J connectivity index is 2.03. The van der Waals surface area contributed by atoms with Crippen molar-refractivity contribution < 1.29 is 27.4 Å². The van der Waals surface area contributed by atoms with E-state index in [9.17, 15) is 13.2 Å². The van der Waals surface area contributed by atoms with E-state index < -0.39 is 26.5 Å². The molecule has 0 saturated carbocycles. The lowest BCUT2D eigenvalue weighted by molar-refractivity contribution is 0.113. The molecule has 8 nitrogen and oxygen atoms in total. The van der Waals surface area contributed by atoms with E-state index in [1.807, 2.05) is 6.92 Å². The minimum absolute atomic E-state index is 0.129. The monoisotopic (exact) mass is 562 g/mol. The van der Waals surface area contributed by atoms with E-state index in [4.69, 9.17) is 49.0 Å². The van der Waals surface area contributed by atoms with E-state index in [2.05, 4.69) is 0 Å². The number of methoxy groups -OCH3 is 2. The Morgan fingerprint density at radius 2 is 1.71 bits per heavy atom. The van der Waals surface area contributed by atoms with Gasteiger partial charge in [-0.05, 0) is 43.2 Å². The molecule has 2 aromatic carbocycles. The van der Waals surface area contributed by atoms with Crippen LogP contribution in [0.2, 0.25) is 0 Å². The molecule has 3 aromatic rings. The molecule has 0 fully saturated rings. The third-order valence-corrected chi connectivity index (χ3v) is 7.33. The second-order valence-electron chi connectivity index (χ2n) is 7.81. The van der Waals surface area contributed by atoms with Gasteiger partial charge in [0.2, 0.25) is 3.79 Å². The molecule has 1 heterocycles. The van der Waals surface area contributed by atoms with Crippen LogP contribution in [0.15, 0.2) is 47.5 Å². The van der Waals surface area contributed by atoms with Crippen LogP contribution in [0, 0.1) is 6.92 Å². The molecule has 0 bridgehead atoms. The van der Waals surface area contributed by atoms with Crippen molar-refractivity contribution in [3.8, 4) is 11.5 Å². The molecule has 0 aliphatic carbocycles. The molecule has 1 amide bonds. The first-order valence-corrected chi connectivity index (χ1v) is 13.0. The lowest BCUT2D eigenvalue weighted by Gasteiger charge is -2.18. The number of nitrogens with zero attached hydrogens (tertiary/aromatic N) is 2. The van der Waals surface area contributed by atoms with E-state index in [0.717, 1.165) is 5.56 Å². The highest BCUT2D eigenvalue weighted by Crippen LogP contribution is 2.39. The van der Waals surface area contributed by atoms with Crippen molar-refractivity contribution >= 4 is 61.8 Å². The molecule has 35 heavy (non-hydrogen) atoms. The molecule has 0 saturated heterocycles. The van der Waals surface area contributed by atoms with Crippen molar-refractivity contribution in [3.05, 3.63) is 53.7 Å². The number of hydrogen-bond donors (Lipinski definition) is 0. The van der Waals surface area contributed by atoms with Gasteiger partial charge in [0.1, 0.15) is 12.1 Å². The minimum atomic E-state index is -3.97. The van der Waals surface area contributed by atoms with Gasteiger partial charge in [-0.15, -0.1) is 0 Å². The first kappa shape index (κ1) is 27.3. The molecule has 12 heteroatoms. The van der Waals surface area contributed by atoms with Crippen LogP contribution in [0.5, 0.6) is 11.5 Å². The second-order valence-corrected chi connectivity index (χ2v) is 12.1. The fourth-order valence-corrected chi connectivity index (χ4v) is 5.07. The van der Waals surface area contributed by atoms with Crippen LogP contribution in [0.25, 0.3) is 10.9 Å². The number of carbonyl (C=O) groups excluding carboxylic acids is 1. The van der Waals surface area contributed by atoms with Crippen molar-refractivity contribution in [2.45, 2.75) is 22.0 Å². The first-order chi connectivity index (χ1) is 16.4. The van der Waals surface area contributed by atoms with Crippen LogP contribution in [0.3, 0.4) is 0 Å². The molecular weight excluding hydrogens is 539 g/mol. The van der Waals surface area contributed by atoms with E-state index in [-0.39, 0.29) is 17.2 Å². The molecule has 3 rings (SSSR count). The van der Waals surface area contributed by atoms with Crippen molar-refractivity contribution in [3.63, 3.8) is 0 Å². The number of benzene rings is 2. The maximum Gasteiger partial charge on any atom is 0.409 e. The third kappa shape index (κ3) is 6.09. The number of likely N-dealkylation sites (N-methyl/N-ethyl adjacent to an activating group) is 1. The summed E-state index contributed by atoms with van der Waals surface area (Å²) in [4.78, 5) is 13.7. The Bertz CT molecular complexity index is 1320. The number of aryl methyl sites for hydroxylation is 1. The van der Waals surface area contributed by atoms with Crippen molar-refractivity contribution in [1.82, 2.24) is 8.87 Å². The highest BCUT2D eigenvalue weighted by Gasteiger charge is 2.27. The molecule has 1 aromatic heterocycles. The zero-order valence-electron chi connectivity index (χ0n) is 19.5. The Labute approximate surface area is 219 Å². The van der Waals surface area contributed by atoms with Crippen LogP contribution in [0.4, 0.5) is 4.79 Å². The van der Waals surface area contributed by atoms with Gasteiger partial charge in [0.15, 0.2) is 11.5 Å². The van der Waals surface area contributed by atoms with Crippen LogP contribution in [-0.2, 0) is 21.2 Å². The first-order valence-electron chi connectivity index (χ1n) is 10.4. The maximum atomic E-state index is 13.6. The van der Waals surface area contributed by atoms with E-state index in [1.54, 1.807) is 36.4 Å². The summed E-state index contributed by atoms with van der Waals surface area (Å²) in [5, 5.41) is 0.640. The fraction of sp³-hybridized carbons (Fsp3) is 0.348. The summed E-state index contributed by atoms with van der Waals surface area (Å²) in [6, 6.07) is 10.0. The van der Waals surface area contributed by atoms with Gasteiger partial charge >= 0.3 is 6.09 Å². The topological polar surface area (TPSA) is 87.1 Å². The van der Waals surface area contributed by atoms with Crippen molar-refractivity contribution in [2.75, 3.05) is 34.4 Å². The average molecular weight is 564 g/mol. The summed E-state index contributed by atoms with van der Waals surface area (Å²) in [5.74, 6) is 0.666. The van der Waals surface area contributed by atoms with Crippen LogP contribution in [0.1, 0.15) is 11.1 Å². The van der Waals surface area contributed by atoms with E-state index >= 15 is 0 Å². The molecule has 0 radical (unpaired) electrons. The number of aromatic nitrogens is 1. The summed E-state index contributed by atoms with van der Waals surface area (Å²) in [6.45, 7) is 1.70. The Kier molecular flexibility index (Phi) is 8.36. The van der Waals surface area contributed by atoms with Crippen LogP contribution < -0.4 is 9.47 Å². The summed E-state index contributed by atoms with van der Waals surface area (Å²) in [5.41, 5.74) is 1.95. The van der Waals surface area contributed by atoms with Crippen LogP contribution >= 0.6 is 34.8 Å². The summed E-state index contributed by atoms with van der Waals surface area (Å²) >= 11 is 16.9. The molecule has 0 N–H and O–H groups in total. The predicted molar refractivity (Wildman–Crippen MR) is 137 cm³/mol. The van der Waals surface area contributed by atoms with Gasteiger partial charge in [-0.25, -0.2) is 17.2 Å². The number of carbonyl (C=O) groups is 1. The maximum absolute atomic E-state index is 13.6. The number of ether oxygens (including phenoxy) is 3. The average Bonchev–Trinajstić information content (AvgIpc) is 3.19. The Morgan fingerprint density at radius 1 is 1.06 bits per heavy atom. The van der Waals surface area contributed by atoms with E-state index in [1.165, 1.54) is 36.3 Å². The molecule has 190 valence electrons. The number of hydrogen-bond acceptors (Lipinski definition) is 6. The quantitative estimate of drug-likeness (QED) is 0.351. The van der Waals surface area contributed by atoms with Crippen molar-refractivity contribution in [1.29, 1.82) is 0 Å². The molecular formula is C23H25Cl3N2O6S. The lowest BCUT2D eigenvalue weighted by atomic mass is 10.1. The van der Waals surface area contributed by atoms with Gasteiger partial charge in [-0.3, -0.25) is 0 Å². The lowest BCUT2D eigenvalue weighted by Crippen LogP contribution is -2.31. The zero-order chi connectivity index (χ0) is 26.0. The SMILES string of the molecule is COc1ccc2c(CCN(C)C(=O)OCC(Cl)(Cl)Cl)cn(S(=O)(=O)c3ccc(C)cc3)c2c1OC. The molecule has 0 aliphatic heterocycles. The highest BCUT2D eigenvalue weighted by molar-refractivity contribution is 7.90. The number of amides is 1. The van der Waals surface area contributed by atoms with Gasteiger partial charge < -0.3 is 19.1 Å². The van der Waals surface area contributed by atoms with Gasteiger partial charge in [-0.1, -0.05) is 52.5 Å². The highest BCUT2D eigenvalue weighted by atomic mass is 35.6. The predicted octanol–water partition coefficient (Wildman–Crippen LogP) is 5.19. The smallest absolute Gasteiger partial charge is 0.409 e. The Hall–Kier alpha value is -2.33. The summed E-state index contributed by atoms with van der Waals surface area (Å²) < 4.78 is 42.6. The Morgan fingerprint density at radius 3 is 2.29 bits per heavy atom. The standard InChI is InChI=1S/C23H25Cl3N2O6S/c1-15-5-7-17(8-6-15)35(30,31)28-13-16(11-12-27(2)22(29)34-14-23(24,25)26)18-9-10-19(32-3)21(33-4)20(18)28/h5-10,13H,11-12,14H2,1-4H3. The van der Waals surface area contributed by atoms with Crippen LogP contribution in [-0.4, -0.2) is 61.6 Å². The largest absolute Gasteiger partial charge is 0.493 e. The molecule has 0 atom stereocenters. The van der Waals surface area contributed by atoms with Crippen molar-refractivity contribution in [2.24, 2.45) is 0 Å². The number of rotatable bonds is 8. The number of fused-ring (bicyclic) bond motifs is 1. The van der Waals surface area contributed by atoms with Gasteiger partial charge in [0.05, 0.1) is 19.1 Å². The minimum Gasteiger partial charge on any atom is -0.493 e. The van der Waals surface area contributed by atoms with Gasteiger partial charge in [0.25, 0.3) is 10.0 Å². The molecule has 0 spiro atoms. The molecule has 0 unspecified atom stereocenters. The third-order valence-electron chi connectivity index (χ3n) is 5.32. The zero-order valence-corrected chi connectivity index (χ0v) is 22.6. The van der Waals surface area contributed by atoms with Gasteiger partial charge in [-0.2, -0.15) is 0 Å². The fourth-order valence-electron chi connectivity index (χ4n) is 3.51. The second kappa shape index (κ2) is 10.7. The summed E-state index contributed by atoms with van der Waals surface area (Å²) in [6.07, 6.45) is 1.18. The number of alkyl halides is 3. The summed E-state index contributed by atoms with van der Waals surface area (Å²) in [7, 11) is 0.489.